The number of rotatable bonds is 10. The Morgan fingerprint density at radius 3 is 2.79 bits per heavy atom. The minimum absolute atomic E-state index is 0.0307. The molecule has 0 spiro atoms. The van der Waals surface area contributed by atoms with Crippen molar-refractivity contribution in [1.29, 1.82) is 0 Å². The predicted molar refractivity (Wildman–Crippen MR) is 127 cm³/mol. The van der Waals surface area contributed by atoms with Gasteiger partial charge in [-0.15, -0.1) is 11.3 Å². The Balaban J connectivity index is 1.33. The van der Waals surface area contributed by atoms with Crippen LogP contribution in [0.15, 0.2) is 29.3 Å². The smallest absolute Gasteiger partial charge is 0.176 e. The molecular formula is C24H28FN3O4S. The molecule has 0 atom stereocenters. The number of carbonyl (C=O) groups is 2. The van der Waals surface area contributed by atoms with Crippen molar-refractivity contribution in [3.63, 3.8) is 0 Å². The number of ketones is 1. The van der Waals surface area contributed by atoms with Crippen LogP contribution in [0, 0.1) is 11.7 Å². The van der Waals surface area contributed by atoms with Crippen molar-refractivity contribution in [1.82, 2.24) is 4.90 Å². The summed E-state index contributed by atoms with van der Waals surface area (Å²) in [5.41, 5.74) is 0.921. The standard InChI is InChI=1S/C24H28FN3O4S/c25-19-13-18(3-4-21(19)32-12-9-28-7-1-2-8-28)26-16-27-20-14-22(33-23(20)15-29)24(30)17-5-10-31-11-6-17/h3-4,13-17H,1-2,5-12H2,(H,26,27). The monoisotopic (exact) mass is 473 g/mol. The Labute approximate surface area is 196 Å². The Bertz CT molecular complexity index is 998. The summed E-state index contributed by atoms with van der Waals surface area (Å²) in [5.74, 6) is -0.286. The molecule has 0 amide bonds. The third-order valence-corrected chi connectivity index (χ3v) is 6.98. The van der Waals surface area contributed by atoms with Crippen LogP contribution in [-0.2, 0) is 4.74 Å². The normalized spacial score (nSPS) is 17.5. The van der Waals surface area contributed by atoms with Crippen LogP contribution in [0.1, 0.15) is 45.0 Å². The molecular weight excluding hydrogens is 445 g/mol. The predicted octanol–water partition coefficient (Wildman–Crippen LogP) is 4.56. The van der Waals surface area contributed by atoms with Crippen molar-refractivity contribution in [3.05, 3.63) is 39.8 Å². The number of hydrogen-bond acceptors (Lipinski definition) is 7. The van der Waals surface area contributed by atoms with Crippen LogP contribution in [0.3, 0.4) is 0 Å². The first kappa shape index (κ1) is 23.5. The molecule has 1 N–H and O–H groups in total. The maximum Gasteiger partial charge on any atom is 0.176 e. The van der Waals surface area contributed by atoms with E-state index < -0.39 is 5.82 Å². The number of carbonyl (C=O) groups excluding carboxylic acids is 2. The van der Waals surface area contributed by atoms with Gasteiger partial charge >= 0.3 is 0 Å². The minimum atomic E-state index is -0.455. The molecule has 0 saturated carbocycles. The number of nitrogens with zero attached hydrogens (tertiary/aromatic N) is 2. The van der Waals surface area contributed by atoms with E-state index in [1.807, 2.05) is 0 Å². The highest BCUT2D eigenvalue weighted by molar-refractivity contribution is 7.16. The molecule has 0 radical (unpaired) electrons. The second-order valence-electron chi connectivity index (χ2n) is 8.17. The van der Waals surface area contributed by atoms with E-state index in [1.165, 1.54) is 25.2 Å². The number of hydrogen-bond donors (Lipinski definition) is 1. The molecule has 4 rings (SSSR count). The molecule has 0 aliphatic carbocycles. The van der Waals surface area contributed by atoms with Crippen LogP contribution >= 0.6 is 11.3 Å². The SMILES string of the molecule is O=Cc1sc(C(=O)C2CCOCC2)cc1/N=C\Nc1ccc(OCCN2CCCC2)c(F)c1. The van der Waals surface area contributed by atoms with Gasteiger partial charge in [-0.1, -0.05) is 0 Å². The Morgan fingerprint density at radius 2 is 2.06 bits per heavy atom. The summed E-state index contributed by atoms with van der Waals surface area (Å²) < 4.78 is 25.3. The van der Waals surface area contributed by atoms with E-state index >= 15 is 0 Å². The second-order valence-corrected chi connectivity index (χ2v) is 9.26. The van der Waals surface area contributed by atoms with Crippen molar-refractivity contribution < 1.29 is 23.5 Å². The van der Waals surface area contributed by atoms with E-state index in [4.69, 9.17) is 9.47 Å². The van der Waals surface area contributed by atoms with E-state index in [0.717, 1.165) is 31.0 Å². The summed E-state index contributed by atoms with van der Waals surface area (Å²) in [6, 6.07) is 6.27. The highest BCUT2D eigenvalue weighted by Gasteiger charge is 2.25. The maximum atomic E-state index is 14.4. The molecule has 2 aromatic rings. The van der Waals surface area contributed by atoms with E-state index in [9.17, 15) is 14.0 Å². The highest BCUT2D eigenvalue weighted by Crippen LogP contribution is 2.32. The molecule has 33 heavy (non-hydrogen) atoms. The van der Waals surface area contributed by atoms with Gasteiger partial charge in [0, 0.05) is 37.4 Å². The molecule has 1 aromatic carbocycles. The quantitative estimate of drug-likeness (QED) is 0.236. The van der Waals surface area contributed by atoms with Gasteiger partial charge in [-0.2, -0.15) is 0 Å². The lowest BCUT2D eigenvalue weighted by Gasteiger charge is -2.19. The van der Waals surface area contributed by atoms with Gasteiger partial charge in [0.15, 0.2) is 23.6 Å². The van der Waals surface area contributed by atoms with Gasteiger partial charge in [-0.05, 0) is 57.0 Å². The van der Waals surface area contributed by atoms with E-state index in [0.29, 0.717) is 60.1 Å². The van der Waals surface area contributed by atoms with Gasteiger partial charge in [0.05, 0.1) is 21.8 Å². The molecule has 9 heteroatoms. The molecule has 7 nitrogen and oxygen atoms in total. The van der Waals surface area contributed by atoms with Crippen LogP contribution in [0.5, 0.6) is 5.75 Å². The molecule has 0 unspecified atom stereocenters. The van der Waals surface area contributed by atoms with Crippen LogP contribution in [-0.4, -0.2) is 62.8 Å². The zero-order valence-corrected chi connectivity index (χ0v) is 19.2. The summed E-state index contributed by atoms with van der Waals surface area (Å²) in [6.45, 7) is 4.56. The number of thiophene rings is 1. The fourth-order valence-electron chi connectivity index (χ4n) is 4.04. The number of aldehydes is 1. The number of aliphatic imine (C=N–C) groups is 1. The van der Waals surface area contributed by atoms with Gasteiger partial charge < -0.3 is 14.8 Å². The number of halogens is 1. The van der Waals surface area contributed by atoms with Crippen LogP contribution in [0.2, 0.25) is 0 Å². The minimum Gasteiger partial charge on any atom is -0.489 e. The molecule has 176 valence electrons. The third-order valence-electron chi connectivity index (χ3n) is 5.91. The lowest BCUT2D eigenvalue weighted by molar-refractivity contribution is 0.0547. The van der Waals surface area contributed by atoms with Crippen LogP contribution < -0.4 is 10.1 Å². The van der Waals surface area contributed by atoms with Crippen molar-refractivity contribution >= 4 is 41.1 Å². The van der Waals surface area contributed by atoms with E-state index in [1.54, 1.807) is 18.2 Å². The van der Waals surface area contributed by atoms with Crippen molar-refractivity contribution in [2.75, 3.05) is 44.8 Å². The van der Waals surface area contributed by atoms with Gasteiger partial charge in [-0.25, -0.2) is 9.38 Å². The fourth-order valence-corrected chi connectivity index (χ4v) is 4.98. The van der Waals surface area contributed by atoms with Crippen molar-refractivity contribution in [3.8, 4) is 5.75 Å². The van der Waals surface area contributed by atoms with Gasteiger partial charge in [0.2, 0.25) is 0 Å². The summed E-state index contributed by atoms with van der Waals surface area (Å²) in [5, 5.41) is 2.91. The molecule has 0 bridgehead atoms. The number of benzene rings is 1. The molecule has 2 saturated heterocycles. The summed E-state index contributed by atoms with van der Waals surface area (Å²) >= 11 is 1.15. The lowest BCUT2D eigenvalue weighted by atomic mass is 9.94. The highest BCUT2D eigenvalue weighted by atomic mass is 32.1. The summed E-state index contributed by atoms with van der Waals surface area (Å²) in [7, 11) is 0. The Morgan fingerprint density at radius 1 is 1.27 bits per heavy atom. The summed E-state index contributed by atoms with van der Waals surface area (Å²) in [4.78, 5) is 31.6. The lowest BCUT2D eigenvalue weighted by Crippen LogP contribution is -2.25. The van der Waals surface area contributed by atoms with E-state index in [2.05, 4.69) is 15.2 Å². The van der Waals surface area contributed by atoms with Gasteiger partial charge in [0.25, 0.3) is 0 Å². The Hall–Kier alpha value is -2.62. The third kappa shape index (κ3) is 6.25. The van der Waals surface area contributed by atoms with E-state index in [-0.39, 0.29) is 17.5 Å². The molecule has 3 heterocycles. The number of likely N-dealkylation sites (tertiary alicyclic amines) is 1. The average Bonchev–Trinajstić information content (AvgIpc) is 3.50. The first-order valence-corrected chi connectivity index (χ1v) is 12.1. The first-order chi connectivity index (χ1) is 16.1. The maximum absolute atomic E-state index is 14.4. The average molecular weight is 474 g/mol. The topological polar surface area (TPSA) is 80.2 Å². The number of Topliss-reactive ketones (excluding diaryl/α,β-unsaturated/α-hetero) is 1. The van der Waals surface area contributed by atoms with Gasteiger partial charge in [0.1, 0.15) is 6.61 Å². The van der Waals surface area contributed by atoms with Crippen LogP contribution in [0.4, 0.5) is 15.8 Å². The zero-order chi connectivity index (χ0) is 23.0. The van der Waals surface area contributed by atoms with Crippen molar-refractivity contribution in [2.45, 2.75) is 25.7 Å². The Kier molecular flexibility index (Phi) is 8.20. The largest absolute Gasteiger partial charge is 0.489 e. The molecule has 2 aliphatic heterocycles. The molecule has 2 aliphatic rings. The zero-order valence-electron chi connectivity index (χ0n) is 18.4. The molecule has 1 aromatic heterocycles. The number of nitrogens with one attached hydrogen (secondary N) is 1. The fraction of sp³-hybridized carbons (Fsp3) is 0.458. The number of ether oxygens (including phenoxy) is 2. The second kappa shape index (κ2) is 11.5. The number of anilines is 1. The van der Waals surface area contributed by atoms with Crippen LogP contribution in [0.25, 0.3) is 0 Å². The molecule has 2 fully saturated rings. The van der Waals surface area contributed by atoms with Gasteiger partial charge in [-0.3, -0.25) is 14.5 Å². The summed E-state index contributed by atoms with van der Waals surface area (Å²) in [6.07, 6.45) is 5.90. The van der Waals surface area contributed by atoms with Crippen molar-refractivity contribution in [2.24, 2.45) is 10.9 Å². The first-order valence-electron chi connectivity index (χ1n) is 11.3.